The first kappa shape index (κ1) is 32.9. The zero-order valence-electron chi connectivity index (χ0n) is 32.2. The predicted octanol–water partition coefficient (Wildman–Crippen LogP) is 14.5. The molecule has 0 bridgehead atoms. The topological polar surface area (TPSA) is 56.7 Å². The Morgan fingerprint density at radius 1 is 0.350 bits per heavy atom. The van der Waals surface area contributed by atoms with Crippen molar-refractivity contribution < 1.29 is 4.42 Å². The molecule has 10 aromatic carbocycles. The molecule has 0 saturated heterocycles. The van der Waals surface area contributed by atoms with Crippen molar-refractivity contribution in [2.45, 2.75) is 0 Å². The van der Waals surface area contributed by atoms with Gasteiger partial charge in [0.1, 0.15) is 11.2 Å². The van der Waals surface area contributed by atoms with E-state index in [0.29, 0.717) is 17.6 Å². The first-order valence-corrected chi connectivity index (χ1v) is 20.3. The quantitative estimate of drug-likeness (QED) is 0.179. The van der Waals surface area contributed by atoms with Crippen molar-refractivity contribution in [3.63, 3.8) is 0 Å². The molecule has 3 aromatic heterocycles. The summed E-state index contributed by atoms with van der Waals surface area (Å²) in [4.78, 5) is 16.4. The normalized spacial score (nSPS) is 12.0. The van der Waals surface area contributed by atoms with E-state index in [-0.39, 0.29) is 0 Å². The Morgan fingerprint density at radius 3 is 1.73 bits per heavy atom. The molecule has 3 heterocycles. The summed E-state index contributed by atoms with van der Waals surface area (Å²) >= 11 is 0. The number of benzene rings is 10. The van der Waals surface area contributed by atoms with Crippen LogP contribution in [0.25, 0.3) is 127 Å². The van der Waals surface area contributed by atoms with Crippen LogP contribution >= 0.6 is 0 Å². The molecule has 0 aliphatic heterocycles. The van der Waals surface area contributed by atoms with E-state index in [4.69, 9.17) is 19.4 Å². The summed E-state index contributed by atoms with van der Waals surface area (Å²) in [5, 5.41) is 13.4. The zero-order valence-corrected chi connectivity index (χ0v) is 32.2. The minimum Gasteiger partial charge on any atom is -0.455 e. The highest BCUT2D eigenvalue weighted by Crippen LogP contribution is 2.43. The Balaban J connectivity index is 1.13. The maximum absolute atomic E-state index is 6.66. The van der Waals surface area contributed by atoms with Crippen molar-refractivity contribution in [2.24, 2.45) is 0 Å². The summed E-state index contributed by atoms with van der Waals surface area (Å²) < 4.78 is 8.88. The van der Waals surface area contributed by atoms with Gasteiger partial charge in [-0.1, -0.05) is 152 Å². The van der Waals surface area contributed by atoms with Crippen LogP contribution in [0.5, 0.6) is 0 Å². The second-order valence-corrected chi connectivity index (χ2v) is 15.6. The van der Waals surface area contributed by atoms with Gasteiger partial charge in [-0.05, 0) is 91.3 Å². The molecular formula is C55H32N4O. The molecule has 0 N–H and O–H groups in total. The maximum Gasteiger partial charge on any atom is 0.238 e. The third kappa shape index (κ3) is 4.90. The Kier molecular flexibility index (Phi) is 6.95. The second-order valence-electron chi connectivity index (χ2n) is 15.6. The molecule has 0 aliphatic carbocycles. The van der Waals surface area contributed by atoms with E-state index in [9.17, 15) is 0 Å². The highest BCUT2D eigenvalue weighted by atomic mass is 16.3. The number of nitrogens with zero attached hydrogens (tertiary/aromatic N) is 4. The number of hydrogen-bond acceptors (Lipinski definition) is 4. The van der Waals surface area contributed by atoms with Crippen LogP contribution in [-0.2, 0) is 0 Å². The molecule has 0 spiro atoms. The molecule has 0 saturated carbocycles. The third-order valence-corrected chi connectivity index (χ3v) is 12.2. The van der Waals surface area contributed by atoms with Crippen LogP contribution in [0, 0.1) is 0 Å². The van der Waals surface area contributed by atoms with Crippen LogP contribution in [0.3, 0.4) is 0 Å². The largest absolute Gasteiger partial charge is 0.455 e. The molecule has 0 atom stereocenters. The van der Waals surface area contributed by atoms with Crippen molar-refractivity contribution >= 4 is 86.8 Å². The van der Waals surface area contributed by atoms with E-state index in [1.807, 2.05) is 12.1 Å². The average Bonchev–Trinajstić information content (AvgIpc) is 3.86. The SMILES string of the molecule is c1ccc2cc(-c3ccc(-c4nc(-c5cc6ccccc6c6oc7ccccc7c56)nc(-n5c6ccccc6c6cc7ccccc7cc65)n4)c4ccccc34)ccc2c1. The predicted molar refractivity (Wildman–Crippen MR) is 248 cm³/mol. The van der Waals surface area contributed by atoms with E-state index < -0.39 is 0 Å². The summed E-state index contributed by atoms with van der Waals surface area (Å²) in [5.41, 5.74) is 7.85. The first-order chi connectivity index (χ1) is 29.7. The fourth-order valence-electron chi connectivity index (χ4n) is 9.42. The molecular weight excluding hydrogens is 733 g/mol. The Bertz CT molecular complexity index is 3910. The average molecular weight is 765 g/mol. The molecule has 0 unspecified atom stereocenters. The highest BCUT2D eigenvalue weighted by Gasteiger charge is 2.23. The number of rotatable bonds is 4. The molecule has 0 radical (unpaired) electrons. The van der Waals surface area contributed by atoms with E-state index in [1.54, 1.807) is 0 Å². The zero-order chi connectivity index (χ0) is 39.3. The molecule has 13 aromatic rings. The third-order valence-electron chi connectivity index (χ3n) is 12.2. The number of hydrogen-bond donors (Lipinski definition) is 0. The van der Waals surface area contributed by atoms with Crippen molar-refractivity contribution in [3.8, 4) is 39.9 Å². The summed E-state index contributed by atoms with van der Waals surface area (Å²) in [6, 6.07) is 68.7. The molecule has 13 rings (SSSR count). The Hall–Kier alpha value is -8.15. The van der Waals surface area contributed by atoms with Crippen molar-refractivity contribution in [1.29, 1.82) is 0 Å². The van der Waals surface area contributed by atoms with Gasteiger partial charge in [0.25, 0.3) is 0 Å². The molecule has 0 amide bonds. The molecule has 5 heteroatoms. The molecule has 0 fully saturated rings. The van der Waals surface area contributed by atoms with E-state index in [2.05, 4.69) is 187 Å². The molecule has 5 nitrogen and oxygen atoms in total. The number of aromatic nitrogens is 4. The van der Waals surface area contributed by atoms with E-state index >= 15 is 0 Å². The first-order valence-electron chi connectivity index (χ1n) is 20.3. The Labute approximate surface area is 343 Å². The molecule has 60 heavy (non-hydrogen) atoms. The van der Waals surface area contributed by atoms with Crippen LogP contribution in [0.4, 0.5) is 0 Å². The maximum atomic E-state index is 6.66. The van der Waals surface area contributed by atoms with Gasteiger partial charge < -0.3 is 4.42 Å². The minimum atomic E-state index is 0.549. The lowest BCUT2D eigenvalue weighted by Gasteiger charge is -2.15. The summed E-state index contributed by atoms with van der Waals surface area (Å²) in [6.45, 7) is 0. The van der Waals surface area contributed by atoms with Gasteiger partial charge in [0.15, 0.2) is 11.6 Å². The van der Waals surface area contributed by atoms with Gasteiger partial charge in [-0.3, -0.25) is 4.57 Å². The number of furan rings is 1. The monoisotopic (exact) mass is 764 g/mol. The fraction of sp³-hybridized carbons (Fsp3) is 0. The van der Waals surface area contributed by atoms with Gasteiger partial charge in [0, 0.05) is 38.1 Å². The van der Waals surface area contributed by atoms with Crippen LogP contribution in [0.1, 0.15) is 0 Å². The van der Waals surface area contributed by atoms with Gasteiger partial charge in [-0.15, -0.1) is 0 Å². The van der Waals surface area contributed by atoms with E-state index in [0.717, 1.165) is 92.9 Å². The highest BCUT2D eigenvalue weighted by molar-refractivity contribution is 6.21. The van der Waals surface area contributed by atoms with Gasteiger partial charge >= 0.3 is 0 Å². The minimum absolute atomic E-state index is 0.549. The van der Waals surface area contributed by atoms with Gasteiger partial charge in [0.05, 0.1) is 11.0 Å². The lowest BCUT2D eigenvalue weighted by atomic mass is 9.93. The van der Waals surface area contributed by atoms with Crippen LogP contribution in [0.15, 0.2) is 199 Å². The van der Waals surface area contributed by atoms with Gasteiger partial charge in [0.2, 0.25) is 5.95 Å². The van der Waals surface area contributed by atoms with E-state index in [1.165, 1.54) is 16.2 Å². The van der Waals surface area contributed by atoms with Crippen LogP contribution in [-0.4, -0.2) is 19.5 Å². The lowest BCUT2D eigenvalue weighted by Crippen LogP contribution is -2.07. The molecule has 0 aliphatic rings. The van der Waals surface area contributed by atoms with Crippen molar-refractivity contribution in [2.75, 3.05) is 0 Å². The standard InChI is InChI=1S/C55H32N4O/c1-2-14-34-29-38(26-25-33(34)13-1)39-27-28-44(42-20-8-7-19-41(39)42)53-56-54(47-31-37-17-5-6-18-40(37)52-51(47)45-22-10-12-24-50(45)60-52)58-55(57-53)59-48-23-11-9-21-43(48)46-30-35-15-3-4-16-36(35)32-49(46)59/h1-32H. The summed E-state index contributed by atoms with van der Waals surface area (Å²) in [6.07, 6.45) is 0. The second kappa shape index (κ2) is 12.7. The van der Waals surface area contributed by atoms with Crippen molar-refractivity contribution in [3.05, 3.63) is 194 Å². The fourth-order valence-corrected chi connectivity index (χ4v) is 9.42. The number of para-hydroxylation sites is 2. The van der Waals surface area contributed by atoms with Gasteiger partial charge in [-0.2, -0.15) is 9.97 Å². The van der Waals surface area contributed by atoms with Crippen molar-refractivity contribution in [1.82, 2.24) is 19.5 Å². The summed E-state index contributed by atoms with van der Waals surface area (Å²) in [7, 11) is 0. The van der Waals surface area contributed by atoms with Gasteiger partial charge in [-0.25, -0.2) is 4.98 Å². The Morgan fingerprint density at radius 2 is 0.933 bits per heavy atom. The van der Waals surface area contributed by atoms with Crippen LogP contribution < -0.4 is 0 Å². The van der Waals surface area contributed by atoms with Crippen LogP contribution in [0.2, 0.25) is 0 Å². The molecule has 278 valence electrons. The number of fused-ring (bicyclic) bond motifs is 11. The smallest absolute Gasteiger partial charge is 0.238 e. The summed E-state index contributed by atoms with van der Waals surface area (Å²) in [5.74, 6) is 1.72. The lowest BCUT2D eigenvalue weighted by molar-refractivity contribution is 0.672.